The minimum atomic E-state index is -1.55. The van der Waals surface area contributed by atoms with Crippen LogP contribution in [0.2, 0.25) is 0 Å². The van der Waals surface area contributed by atoms with Crippen molar-refractivity contribution in [1.82, 2.24) is 5.32 Å². The number of ether oxygens (including phenoxy) is 2. The number of amides is 1. The van der Waals surface area contributed by atoms with Gasteiger partial charge in [-0.3, -0.25) is 4.79 Å². The minimum Gasteiger partial charge on any atom is -0.394 e. The Labute approximate surface area is 483 Å². The molecule has 1 heterocycles. The zero-order chi connectivity index (χ0) is 56.5. The molecule has 1 fully saturated rings. The molecule has 462 valence electrons. The first-order chi connectivity index (χ1) is 38.3. The van der Waals surface area contributed by atoms with Crippen LogP contribution in [0.5, 0.6) is 0 Å². The van der Waals surface area contributed by atoms with Crippen LogP contribution in [0.3, 0.4) is 0 Å². The highest BCUT2D eigenvalue weighted by atomic mass is 16.7. The van der Waals surface area contributed by atoms with Crippen LogP contribution in [0, 0.1) is 0 Å². The van der Waals surface area contributed by atoms with E-state index in [0.29, 0.717) is 12.8 Å². The molecule has 78 heavy (non-hydrogen) atoms. The van der Waals surface area contributed by atoms with Crippen molar-refractivity contribution >= 4 is 5.91 Å². The molecule has 0 aromatic rings. The second-order valence-corrected chi connectivity index (χ2v) is 24.3. The summed E-state index contributed by atoms with van der Waals surface area (Å²) in [5, 5.41) is 54.9. The summed E-state index contributed by atoms with van der Waals surface area (Å²) in [7, 11) is 0. The Morgan fingerprint density at radius 3 is 1.10 bits per heavy atom. The highest BCUT2D eigenvalue weighted by Gasteiger charge is 2.44. The van der Waals surface area contributed by atoms with Gasteiger partial charge in [0.15, 0.2) is 6.29 Å². The number of aliphatic hydroxyl groups excluding tert-OH is 5. The Morgan fingerprint density at radius 1 is 0.436 bits per heavy atom. The average molecular weight is 1100 g/mol. The van der Waals surface area contributed by atoms with E-state index in [1.165, 1.54) is 283 Å². The maximum atomic E-state index is 13.1. The number of carbonyl (C=O) groups is 1. The Kier molecular flexibility index (Phi) is 56.3. The second-order valence-electron chi connectivity index (χ2n) is 24.3. The molecule has 6 N–H and O–H groups in total. The molecule has 1 saturated heterocycles. The fourth-order valence-electron chi connectivity index (χ4n) is 11.4. The Bertz CT molecular complexity index is 1280. The molecule has 7 atom stereocenters. The molecule has 0 aromatic heterocycles. The molecule has 0 saturated carbocycles. The maximum absolute atomic E-state index is 13.1. The highest BCUT2D eigenvalue weighted by molar-refractivity contribution is 5.76. The van der Waals surface area contributed by atoms with Gasteiger partial charge in [0.1, 0.15) is 24.4 Å². The number of allylic oxidation sites excluding steroid dienone is 4. The smallest absolute Gasteiger partial charge is 0.220 e. The van der Waals surface area contributed by atoms with Crippen molar-refractivity contribution in [3.8, 4) is 0 Å². The Balaban J connectivity index is 2.10. The first-order valence-corrected chi connectivity index (χ1v) is 34.5. The number of hydrogen-bond donors (Lipinski definition) is 6. The maximum Gasteiger partial charge on any atom is 0.220 e. The molecule has 0 spiro atoms. The van der Waals surface area contributed by atoms with Crippen molar-refractivity contribution in [2.45, 2.75) is 397 Å². The van der Waals surface area contributed by atoms with Crippen LogP contribution in [0.4, 0.5) is 0 Å². The molecule has 1 amide bonds. The van der Waals surface area contributed by atoms with Gasteiger partial charge >= 0.3 is 0 Å². The number of unbranched alkanes of at least 4 members (excludes halogenated alkanes) is 47. The quantitative estimate of drug-likeness (QED) is 0.0261. The summed E-state index contributed by atoms with van der Waals surface area (Å²) >= 11 is 0. The second kappa shape index (κ2) is 58.9. The van der Waals surface area contributed by atoms with Crippen LogP contribution in [-0.2, 0) is 14.3 Å². The van der Waals surface area contributed by atoms with E-state index in [-0.39, 0.29) is 12.5 Å². The van der Waals surface area contributed by atoms with E-state index < -0.39 is 49.5 Å². The summed E-state index contributed by atoms with van der Waals surface area (Å²) in [4.78, 5) is 13.1. The average Bonchev–Trinajstić information content (AvgIpc) is 3.45. The molecule has 1 aliphatic heterocycles. The predicted molar refractivity (Wildman–Crippen MR) is 332 cm³/mol. The van der Waals surface area contributed by atoms with Crippen LogP contribution >= 0.6 is 0 Å². The molecular weight excluding hydrogens is 971 g/mol. The third kappa shape index (κ3) is 47.2. The third-order valence-corrected chi connectivity index (χ3v) is 16.8. The molecule has 9 heteroatoms. The third-order valence-electron chi connectivity index (χ3n) is 16.8. The lowest BCUT2D eigenvalue weighted by molar-refractivity contribution is -0.302. The molecule has 1 rings (SSSR count). The van der Waals surface area contributed by atoms with E-state index in [1.807, 2.05) is 0 Å². The highest BCUT2D eigenvalue weighted by Crippen LogP contribution is 2.24. The molecule has 9 nitrogen and oxygen atoms in total. The van der Waals surface area contributed by atoms with Gasteiger partial charge in [0, 0.05) is 6.42 Å². The van der Waals surface area contributed by atoms with Gasteiger partial charge in [0.2, 0.25) is 5.91 Å². The lowest BCUT2D eigenvalue weighted by Gasteiger charge is -2.40. The zero-order valence-electron chi connectivity index (χ0n) is 51.7. The van der Waals surface area contributed by atoms with Gasteiger partial charge < -0.3 is 40.3 Å². The van der Waals surface area contributed by atoms with E-state index in [0.717, 1.165) is 44.9 Å². The van der Waals surface area contributed by atoms with Crippen molar-refractivity contribution in [2.24, 2.45) is 0 Å². The van der Waals surface area contributed by atoms with E-state index in [2.05, 4.69) is 43.5 Å². The predicted octanol–water partition coefficient (Wildman–Crippen LogP) is 18.5. The van der Waals surface area contributed by atoms with Gasteiger partial charge in [0.05, 0.1) is 25.4 Å². The molecule has 0 bridgehead atoms. The fraction of sp³-hybridized carbons (Fsp3) is 0.928. The standard InChI is InChI=1S/C69H133NO8/c1-3-5-7-9-11-13-15-17-19-21-23-25-27-28-29-30-31-32-33-34-35-36-37-39-41-43-45-47-49-51-53-55-57-59-65(73)70-62(61-77-69-68(76)67(75)66(74)64(60-71)78-69)63(72)58-56-54-52-50-48-46-44-42-40-38-26-24-22-20-18-16-14-12-10-8-6-4-2/h23,25,28-29,62-64,66-69,71-72,74-76H,3-22,24,26-27,30-61H2,1-2H3,(H,70,73)/b25-23-,29-28-. The van der Waals surface area contributed by atoms with Crippen molar-refractivity contribution in [3.63, 3.8) is 0 Å². The monoisotopic (exact) mass is 1100 g/mol. The summed E-state index contributed by atoms with van der Waals surface area (Å²) in [5.74, 6) is -0.137. The van der Waals surface area contributed by atoms with Gasteiger partial charge in [-0.1, -0.05) is 327 Å². The van der Waals surface area contributed by atoms with Crippen LogP contribution in [-0.4, -0.2) is 87.5 Å². The number of carbonyl (C=O) groups excluding carboxylic acids is 1. The Hall–Kier alpha value is -1.33. The molecule has 0 aliphatic carbocycles. The van der Waals surface area contributed by atoms with Gasteiger partial charge in [-0.15, -0.1) is 0 Å². The van der Waals surface area contributed by atoms with Crippen LogP contribution in [0.25, 0.3) is 0 Å². The fourth-order valence-corrected chi connectivity index (χ4v) is 11.4. The molecular formula is C69H133NO8. The van der Waals surface area contributed by atoms with Gasteiger partial charge in [-0.25, -0.2) is 0 Å². The molecule has 7 unspecified atom stereocenters. The largest absolute Gasteiger partial charge is 0.394 e. The number of aliphatic hydroxyl groups is 5. The van der Waals surface area contributed by atoms with E-state index in [1.54, 1.807) is 0 Å². The topological polar surface area (TPSA) is 149 Å². The lowest BCUT2D eigenvalue weighted by Crippen LogP contribution is -2.60. The van der Waals surface area contributed by atoms with Crippen LogP contribution in [0.15, 0.2) is 24.3 Å². The van der Waals surface area contributed by atoms with Crippen molar-refractivity contribution in [2.75, 3.05) is 13.2 Å². The zero-order valence-corrected chi connectivity index (χ0v) is 51.7. The summed E-state index contributed by atoms with van der Waals surface area (Å²) < 4.78 is 11.4. The van der Waals surface area contributed by atoms with Crippen LogP contribution in [0.1, 0.15) is 354 Å². The van der Waals surface area contributed by atoms with Crippen molar-refractivity contribution < 1.29 is 39.8 Å². The summed E-state index contributed by atoms with van der Waals surface area (Å²) in [6.45, 7) is 3.89. The van der Waals surface area contributed by atoms with Gasteiger partial charge in [-0.2, -0.15) is 0 Å². The number of nitrogens with one attached hydrogen (secondary N) is 1. The number of rotatable bonds is 61. The lowest BCUT2D eigenvalue weighted by atomic mass is 9.99. The normalized spacial score (nSPS) is 18.7. The first kappa shape index (κ1) is 74.7. The van der Waals surface area contributed by atoms with Crippen molar-refractivity contribution in [3.05, 3.63) is 24.3 Å². The Morgan fingerprint density at radius 2 is 0.756 bits per heavy atom. The SMILES string of the molecule is CCCCCCCCCCC/C=C\C/C=C\CCCCCCCCCCCCCCCCCCCC(=O)NC(COC1OC(CO)C(O)C(O)C1O)C(O)CCCCCCCCCCCCCCCCCCCCCCCC. The molecule has 0 radical (unpaired) electrons. The van der Waals surface area contributed by atoms with Crippen molar-refractivity contribution in [1.29, 1.82) is 0 Å². The summed E-state index contributed by atoms with van der Waals surface area (Å²) in [6.07, 6.45) is 69.6. The molecule has 0 aromatic carbocycles. The van der Waals surface area contributed by atoms with E-state index in [4.69, 9.17) is 9.47 Å². The summed E-state index contributed by atoms with van der Waals surface area (Å²) in [6, 6.07) is -0.718. The minimum absolute atomic E-state index is 0.133. The molecule has 1 aliphatic rings. The summed E-state index contributed by atoms with van der Waals surface area (Å²) in [5.41, 5.74) is 0. The van der Waals surface area contributed by atoms with Crippen LogP contribution < -0.4 is 5.32 Å². The van der Waals surface area contributed by atoms with Gasteiger partial charge in [0.25, 0.3) is 0 Å². The van der Waals surface area contributed by atoms with Gasteiger partial charge in [-0.05, 0) is 44.9 Å². The van der Waals surface area contributed by atoms with E-state index >= 15 is 0 Å². The first-order valence-electron chi connectivity index (χ1n) is 34.5. The van der Waals surface area contributed by atoms with E-state index in [9.17, 15) is 30.3 Å². The number of hydrogen-bond acceptors (Lipinski definition) is 8.